The number of carbonyl (C=O) groups excluding carboxylic acids is 2. The summed E-state index contributed by atoms with van der Waals surface area (Å²) < 4.78 is 5.73. The number of ether oxygens (including phenoxy) is 1. The van der Waals surface area contributed by atoms with E-state index in [2.05, 4.69) is 31.4 Å². The van der Waals surface area contributed by atoms with Gasteiger partial charge in [0.1, 0.15) is 12.4 Å². The second-order valence-electron chi connectivity index (χ2n) is 8.62. The molecule has 0 radical (unpaired) electrons. The van der Waals surface area contributed by atoms with E-state index in [4.69, 9.17) is 4.74 Å². The van der Waals surface area contributed by atoms with Crippen molar-refractivity contribution in [1.82, 2.24) is 0 Å². The predicted molar refractivity (Wildman–Crippen MR) is 107 cm³/mol. The van der Waals surface area contributed by atoms with E-state index in [0.29, 0.717) is 29.3 Å². The molecule has 27 heavy (non-hydrogen) atoms. The minimum absolute atomic E-state index is 0.0397. The largest absolute Gasteiger partial charge is 0.490 e. The zero-order valence-corrected chi connectivity index (χ0v) is 16.5. The van der Waals surface area contributed by atoms with Gasteiger partial charge >= 0.3 is 0 Å². The number of anilines is 2. The topological polar surface area (TPSA) is 67.4 Å². The van der Waals surface area contributed by atoms with E-state index in [0.717, 1.165) is 0 Å². The average Bonchev–Trinajstić information content (AvgIpc) is 2.70. The van der Waals surface area contributed by atoms with Gasteiger partial charge in [-0.1, -0.05) is 32.9 Å². The van der Waals surface area contributed by atoms with Crippen molar-refractivity contribution >= 4 is 23.2 Å². The summed E-state index contributed by atoms with van der Waals surface area (Å²) in [4.78, 5) is 24.8. The second-order valence-corrected chi connectivity index (χ2v) is 8.62. The van der Waals surface area contributed by atoms with E-state index in [1.165, 1.54) is 5.56 Å². The van der Waals surface area contributed by atoms with E-state index in [9.17, 15) is 9.59 Å². The molecule has 2 amide bonds. The molecular formula is C22H26N2O3. The maximum absolute atomic E-state index is 12.5. The zero-order valence-electron chi connectivity index (χ0n) is 16.5. The monoisotopic (exact) mass is 366 g/mol. The lowest BCUT2D eigenvalue weighted by Gasteiger charge is -2.19. The number of carbonyl (C=O) groups is 2. The van der Waals surface area contributed by atoms with Gasteiger partial charge in [0.05, 0.1) is 11.1 Å². The minimum atomic E-state index is -0.614. The van der Waals surface area contributed by atoms with Crippen LogP contribution in [0.1, 0.15) is 50.5 Å². The number of fused-ring (bicyclic) bond motifs is 1. The molecule has 0 fully saturated rings. The van der Waals surface area contributed by atoms with Crippen LogP contribution < -0.4 is 15.4 Å². The Balaban J connectivity index is 1.77. The van der Waals surface area contributed by atoms with Crippen LogP contribution in [0.5, 0.6) is 5.75 Å². The van der Waals surface area contributed by atoms with E-state index in [1.54, 1.807) is 18.2 Å². The van der Waals surface area contributed by atoms with Crippen molar-refractivity contribution in [1.29, 1.82) is 0 Å². The quantitative estimate of drug-likeness (QED) is 0.817. The highest BCUT2D eigenvalue weighted by Crippen LogP contribution is 2.34. The fourth-order valence-corrected chi connectivity index (χ4v) is 2.77. The number of amides is 2. The molecule has 5 nitrogen and oxygen atoms in total. The van der Waals surface area contributed by atoms with Gasteiger partial charge in [0.25, 0.3) is 5.91 Å². The van der Waals surface area contributed by atoms with Gasteiger partial charge in [-0.2, -0.15) is 0 Å². The molecule has 1 aliphatic rings. The summed E-state index contributed by atoms with van der Waals surface area (Å²) in [5.74, 6) is 0.292. The van der Waals surface area contributed by atoms with Gasteiger partial charge in [0, 0.05) is 11.3 Å². The molecule has 0 saturated heterocycles. The van der Waals surface area contributed by atoms with E-state index in [1.807, 2.05) is 38.1 Å². The molecule has 0 atom stereocenters. The van der Waals surface area contributed by atoms with Crippen LogP contribution in [0.15, 0.2) is 42.5 Å². The number of rotatable bonds is 2. The Morgan fingerprint density at radius 1 is 1.11 bits per heavy atom. The van der Waals surface area contributed by atoms with Gasteiger partial charge in [0.15, 0.2) is 0 Å². The molecule has 5 heteroatoms. The number of nitrogens with one attached hydrogen (secondary N) is 2. The van der Waals surface area contributed by atoms with Crippen LogP contribution in [0, 0.1) is 5.41 Å². The fraction of sp³-hybridized carbons (Fsp3) is 0.364. The molecule has 2 N–H and O–H groups in total. The first kappa shape index (κ1) is 19.0. The molecule has 0 aliphatic carbocycles. The maximum atomic E-state index is 12.5. The summed E-state index contributed by atoms with van der Waals surface area (Å²) in [5.41, 5.74) is 2.34. The van der Waals surface area contributed by atoms with Crippen molar-refractivity contribution in [3.8, 4) is 5.75 Å². The van der Waals surface area contributed by atoms with Crippen LogP contribution in [-0.4, -0.2) is 18.4 Å². The van der Waals surface area contributed by atoms with E-state index >= 15 is 0 Å². The van der Waals surface area contributed by atoms with Gasteiger partial charge in [-0.25, -0.2) is 0 Å². The van der Waals surface area contributed by atoms with Crippen molar-refractivity contribution in [2.45, 2.75) is 40.0 Å². The molecule has 142 valence electrons. The highest BCUT2D eigenvalue weighted by atomic mass is 16.5. The van der Waals surface area contributed by atoms with Crippen molar-refractivity contribution in [3.05, 3.63) is 53.6 Å². The smallest absolute Gasteiger partial charge is 0.255 e. The van der Waals surface area contributed by atoms with Crippen LogP contribution in [0.3, 0.4) is 0 Å². The van der Waals surface area contributed by atoms with Crippen molar-refractivity contribution in [3.63, 3.8) is 0 Å². The normalized spacial score (nSPS) is 15.8. The van der Waals surface area contributed by atoms with Crippen LogP contribution in [0.4, 0.5) is 11.4 Å². The Bertz CT molecular complexity index is 877. The first-order valence-corrected chi connectivity index (χ1v) is 9.06. The van der Waals surface area contributed by atoms with Gasteiger partial charge in [-0.05, 0) is 55.2 Å². The van der Waals surface area contributed by atoms with Gasteiger partial charge in [-0.3, -0.25) is 9.59 Å². The molecule has 2 aromatic carbocycles. The zero-order chi connectivity index (χ0) is 19.8. The first-order valence-electron chi connectivity index (χ1n) is 9.06. The number of hydrogen-bond acceptors (Lipinski definition) is 3. The lowest BCUT2D eigenvalue weighted by atomic mass is 9.87. The number of benzene rings is 2. The second kappa shape index (κ2) is 6.72. The highest BCUT2D eigenvalue weighted by molar-refractivity contribution is 6.05. The standard InChI is InChI=1S/C22H26N2O3/c1-21(2,3)15-8-6-14(7-9-15)19(25)23-16-10-11-18-17(12-16)24-20(26)22(4,5)13-27-18/h6-12H,13H2,1-5H3,(H,23,25)(H,24,26). The van der Waals surface area contributed by atoms with Crippen LogP contribution in [0.2, 0.25) is 0 Å². The van der Waals surface area contributed by atoms with Crippen LogP contribution in [0.25, 0.3) is 0 Å². The highest BCUT2D eigenvalue weighted by Gasteiger charge is 2.32. The Hall–Kier alpha value is -2.82. The van der Waals surface area contributed by atoms with Crippen molar-refractivity contribution < 1.29 is 14.3 Å². The molecular weight excluding hydrogens is 340 g/mol. The fourth-order valence-electron chi connectivity index (χ4n) is 2.77. The molecule has 0 saturated carbocycles. The first-order chi connectivity index (χ1) is 12.6. The third-order valence-electron chi connectivity index (χ3n) is 4.70. The van der Waals surface area contributed by atoms with Gasteiger partial charge < -0.3 is 15.4 Å². The summed E-state index contributed by atoms with van der Waals surface area (Å²) in [5, 5.41) is 5.75. The third-order valence-corrected chi connectivity index (χ3v) is 4.70. The minimum Gasteiger partial charge on any atom is -0.490 e. The summed E-state index contributed by atoms with van der Waals surface area (Å²) >= 11 is 0. The Morgan fingerprint density at radius 2 is 1.78 bits per heavy atom. The molecule has 3 rings (SSSR count). The van der Waals surface area contributed by atoms with Gasteiger partial charge in [0.2, 0.25) is 5.91 Å². The predicted octanol–water partition coefficient (Wildman–Crippen LogP) is 4.59. The molecule has 0 spiro atoms. The van der Waals surface area contributed by atoms with E-state index in [-0.39, 0.29) is 17.2 Å². The SMILES string of the molecule is CC1(C)COc2ccc(NC(=O)c3ccc(C(C)(C)C)cc3)cc2NC1=O. The van der Waals surface area contributed by atoms with Gasteiger partial charge in [-0.15, -0.1) is 0 Å². The molecule has 0 aromatic heterocycles. The average molecular weight is 366 g/mol. The molecule has 1 heterocycles. The Labute approximate surface area is 160 Å². The Morgan fingerprint density at radius 3 is 2.41 bits per heavy atom. The van der Waals surface area contributed by atoms with Crippen LogP contribution in [-0.2, 0) is 10.2 Å². The van der Waals surface area contributed by atoms with Crippen LogP contribution >= 0.6 is 0 Å². The van der Waals surface area contributed by atoms with Crippen molar-refractivity contribution in [2.75, 3.05) is 17.2 Å². The molecule has 0 bridgehead atoms. The van der Waals surface area contributed by atoms with Crippen molar-refractivity contribution in [2.24, 2.45) is 5.41 Å². The lowest BCUT2D eigenvalue weighted by molar-refractivity contribution is -0.124. The summed E-state index contributed by atoms with van der Waals surface area (Å²) in [6.07, 6.45) is 0. The summed E-state index contributed by atoms with van der Waals surface area (Å²) in [6.45, 7) is 10.4. The maximum Gasteiger partial charge on any atom is 0.255 e. The lowest BCUT2D eigenvalue weighted by Crippen LogP contribution is -2.33. The third kappa shape index (κ3) is 4.13. The summed E-state index contributed by atoms with van der Waals surface area (Å²) in [7, 11) is 0. The molecule has 2 aromatic rings. The molecule has 0 unspecified atom stereocenters. The van der Waals surface area contributed by atoms with E-state index < -0.39 is 5.41 Å². The summed E-state index contributed by atoms with van der Waals surface area (Å²) in [6, 6.07) is 12.8. The Kier molecular flexibility index (Phi) is 4.72. The molecule has 1 aliphatic heterocycles. The number of hydrogen-bond donors (Lipinski definition) is 2.